The van der Waals surface area contributed by atoms with Gasteiger partial charge in [0.05, 0.1) is 13.7 Å². The summed E-state index contributed by atoms with van der Waals surface area (Å²) in [6.07, 6.45) is 3.84. The first-order chi connectivity index (χ1) is 9.46. The van der Waals surface area contributed by atoms with E-state index in [4.69, 9.17) is 9.47 Å². The Morgan fingerprint density at radius 3 is 2.60 bits per heavy atom. The van der Waals surface area contributed by atoms with Crippen molar-refractivity contribution in [1.82, 2.24) is 5.32 Å². The van der Waals surface area contributed by atoms with Gasteiger partial charge in [-0.1, -0.05) is 12.1 Å². The molecule has 3 nitrogen and oxygen atoms in total. The fraction of sp³-hybridized carbons (Fsp3) is 0.529. The molecule has 0 spiro atoms. The minimum absolute atomic E-state index is 0.104. The maximum atomic E-state index is 5.74. The van der Waals surface area contributed by atoms with Crippen molar-refractivity contribution in [3.8, 4) is 11.5 Å². The summed E-state index contributed by atoms with van der Waals surface area (Å²) in [6, 6.07) is 6.08. The van der Waals surface area contributed by atoms with Gasteiger partial charge in [0.2, 0.25) is 0 Å². The van der Waals surface area contributed by atoms with Crippen molar-refractivity contribution in [3.63, 3.8) is 0 Å². The highest BCUT2D eigenvalue weighted by Crippen LogP contribution is 2.28. The van der Waals surface area contributed by atoms with Gasteiger partial charge in [-0.25, -0.2) is 0 Å². The van der Waals surface area contributed by atoms with E-state index in [2.05, 4.69) is 38.7 Å². The number of nitrogens with one attached hydrogen (secondary N) is 1. The van der Waals surface area contributed by atoms with E-state index in [-0.39, 0.29) is 5.54 Å². The number of benzene rings is 1. The molecule has 1 aromatic rings. The van der Waals surface area contributed by atoms with Crippen LogP contribution in [-0.2, 0) is 6.54 Å². The number of rotatable bonds is 8. The van der Waals surface area contributed by atoms with Gasteiger partial charge in [-0.2, -0.15) is 0 Å². The Labute approximate surface area is 123 Å². The summed E-state index contributed by atoms with van der Waals surface area (Å²) in [5, 5.41) is 3.46. The third-order valence-corrected chi connectivity index (χ3v) is 2.86. The summed E-state index contributed by atoms with van der Waals surface area (Å²) in [5.74, 6) is 1.59. The molecule has 0 radical (unpaired) electrons. The Morgan fingerprint density at radius 2 is 2.00 bits per heavy atom. The molecular weight excluding hydrogens is 250 g/mol. The van der Waals surface area contributed by atoms with Gasteiger partial charge in [-0.15, -0.1) is 6.58 Å². The molecular formula is C17H27NO2. The minimum Gasteiger partial charge on any atom is -0.493 e. The summed E-state index contributed by atoms with van der Waals surface area (Å²) >= 11 is 0. The highest BCUT2D eigenvalue weighted by Gasteiger charge is 2.10. The van der Waals surface area contributed by atoms with Crippen LogP contribution in [0.1, 0.15) is 39.2 Å². The van der Waals surface area contributed by atoms with Gasteiger partial charge in [0.15, 0.2) is 11.5 Å². The van der Waals surface area contributed by atoms with Crippen LogP contribution in [0.5, 0.6) is 11.5 Å². The normalized spacial score (nSPS) is 11.2. The molecule has 3 heteroatoms. The SMILES string of the molecule is C=CCCCOc1ccc(CNC(C)(C)C)cc1OC. The number of hydrogen-bond acceptors (Lipinski definition) is 3. The van der Waals surface area contributed by atoms with E-state index < -0.39 is 0 Å². The van der Waals surface area contributed by atoms with E-state index in [0.717, 1.165) is 30.9 Å². The number of unbranched alkanes of at least 4 members (excludes halogenated alkanes) is 1. The molecule has 0 bridgehead atoms. The largest absolute Gasteiger partial charge is 0.493 e. The predicted molar refractivity (Wildman–Crippen MR) is 84.5 cm³/mol. The Hall–Kier alpha value is -1.48. The third kappa shape index (κ3) is 6.11. The molecule has 0 aliphatic rings. The van der Waals surface area contributed by atoms with Crippen molar-refractivity contribution < 1.29 is 9.47 Å². The Kier molecular flexibility index (Phi) is 6.59. The second-order valence-corrected chi connectivity index (χ2v) is 5.87. The van der Waals surface area contributed by atoms with Crippen LogP contribution < -0.4 is 14.8 Å². The van der Waals surface area contributed by atoms with Gasteiger partial charge in [-0.05, 0) is 51.3 Å². The van der Waals surface area contributed by atoms with Crippen molar-refractivity contribution >= 4 is 0 Å². The van der Waals surface area contributed by atoms with Crippen LogP contribution in [0.4, 0.5) is 0 Å². The molecule has 0 aromatic heterocycles. The zero-order chi connectivity index (χ0) is 15.0. The summed E-state index contributed by atoms with van der Waals surface area (Å²) in [7, 11) is 1.67. The Balaban J connectivity index is 2.62. The number of methoxy groups -OCH3 is 1. The van der Waals surface area contributed by atoms with Gasteiger partial charge in [0.25, 0.3) is 0 Å². The highest BCUT2D eigenvalue weighted by molar-refractivity contribution is 5.43. The lowest BCUT2D eigenvalue weighted by Crippen LogP contribution is -2.35. The maximum absolute atomic E-state index is 5.74. The Bertz CT molecular complexity index is 421. The molecule has 112 valence electrons. The summed E-state index contributed by atoms with van der Waals surface area (Å²) < 4.78 is 11.1. The van der Waals surface area contributed by atoms with Crippen LogP contribution >= 0.6 is 0 Å². The number of allylic oxidation sites excluding steroid dienone is 1. The average Bonchev–Trinajstić information content (AvgIpc) is 2.41. The van der Waals surface area contributed by atoms with Crippen molar-refractivity contribution in [2.75, 3.05) is 13.7 Å². The number of ether oxygens (including phenoxy) is 2. The third-order valence-electron chi connectivity index (χ3n) is 2.86. The molecule has 1 rings (SSSR count). The van der Waals surface area contributed by atoms with Crippen LogP contribution in [0.15, 0.2) is 30.9 Å². The first-order valence-corrected chi connectivity index (χ1v) is 7.12. The summed E-state index contributed by atoms with van der Waals surface area (Å²) in [5.41, 5.74) is 1.29. The van der Waals surface area contributed by atoms with Crippen LogP contribution in [0.25, 0.3) is 0 Å². The van der Waals surface area contributed by atoms with Crippen molar-refractivity contribution in [2.45, 2.75) is 45.7 Å². The first kappa shape index (κ1) is 16.6. The van der Waals surface area contributed by atoms with E-state index in [1.165, 1.54) is 5.56 Å². The molecule has 0 atom stereocenters. The lowest BCUT2D eigenvalue weighted by atomic mass is 10.1. The van der Waals surface area contributed by atoms with E-state index in [1.807, 2.05) is 18.2 Å². The van der Waals surface area contributed by atoms with E-state index in [9.17, 15) is 0 Å². The molecule has 0 aliphatic heterocycles. The second-order valence-electron chi connectivity index (χ2n) is 5.87. The van der Waals surface area contributed by atoms with Gasteiger partial charge >= 0.3 is 0 Å². The highest BCUT2D eigenvalue weighted by atomic mass is 16.5. The molecule has 0 fully saturated rings. The van der Waals surface area contributed by atoms with Crippen LogP contribution in [-0.4, -0.2) is 19.3 Å². The smallest absolute Gasteiger partial charge is 0.161 e. The zero-order valence-corrected chi connectivity index (χ0v) is 13.2. The van der Waals surface area contributed by atoms with Crippen molar-refractivity contribution in [1.29, 1.82) is 0 Å². The monoisotopic (exact) mass is 277 g/mol. The van der Waals surface area contributed by atoms with Crippen molar-refractivity contribution in [3.05, 3.63) is 36.4 Å². The summed E-state index contributed by atoms with van der Waals surface area (Å²) in [6.45, 7) is 11.7. The fourth-order valence-corrected chi connectivity index (χ4v) is 1.72. The molecule has 20 heavy (non-hydrogen) atoms. The fourth-order valence-electron chi connectivity index (χ4n) is 1.72. The molecule has 0 unspecified atom stereocenters. The van der Waals surface area contributed by atoms with E-state index in [1.54, 1.807) is 7.11 Å². The van der Waals surface area contributed by atoms with Gasteiger partial charge in [0, 0.05) is 12.1 Å². The summed E-state index contributed by atoms with van der Waals surface area (Å²) in [4.78, 5) is 0. The average molecular weight is 277 g/mol. The van der Waals surface area contributed by atoms with Gasteiger partial charge in [-0.3, -0.25) is 0 Å². The van der Waals surface area contributed by atoms with Crippen molar-refractivity contribution in [2.24, 2.45) is 0 Å². The van der Waals surface area contributed by atoms with Gasteiger partial charge < -0.3 is 14.8 Å². The van der Waals surface area contributed by atoms with E-state index >= 15 is 0 Å². The predicted octanol–water partition coefficient (Wildman–Crippen LogP) is 3.93. The second kappa shape index (κ2) is 7.95. The Morgan fingerprint density at radius 1 is 1.25 bits per heavy atom. The first-order valence-electron chi connectivity index (χ1n) is 7.12. The molecule has 1 N–H and O–H groups in total. The lowest BCUT2D eigenvalue weighted by Gasteiger charge is -2.21. The molecule has 0 saturated carbocycles. The van der Waals surface area contributed by atoms with Gasteiger partial charge in [0.1, 0.15) is 0 Å². The standard InChI is InChI=1S/C17H27NO2/c1-6-7-8-11-20-15-10-9-14(12-16(15)19-5)13-18-17(2,3)4/h6,9-10,12,18H,1,7-8,11,13H2,2-5H3. The van der Waals surface area contributed by atoms with Crippen LogP contribution in [0.2, 0.25) is 0 Å². The topological polar surface area (TPSA) is 30.5 Å². The number of hydrogen-bond donors (Lipinski definition) is 1. The molecule has 0 amide bonds. The molecule has 0 heterocycles. The van der Waals surface area contributed by atoms with Crippen LogP contribution in [0, 0.1) is 0 Å². The molecule has 0 saturated heterocycles. The molecule has 0 aliphatic carbocycles. The van der Waals surface area contributed by atoms with E-state index in [0.29, 0.717) is 6.61 Å². The molecule has 1 aromatic carbocycles. The maximum Gasteiger partial charge on any atom is 0.161 e. The van der Waals surface area contributed by atoms with Crippen LogP contribution in [0.3, 0.4) is 0 Å². The minimum atomic E-state index is 0.104. The zero-order valence-electron chi connectivity index (χ0n) is 13.2. The quantitative estimate of drug-likeness (QED) is 0.577. The lowest BCUT2D eigenvalue weighted by molar-refractivity contribution is 0.290.